The molecular weight excluding hydrogens is 184 g/mol. The van der Waals surface area contributed by atoms with Crippen LogP contribution in [0.2, 0.25) is 0 Å². The molecule has 0 saturated heterocycles. The lowest BCUT2D eigenvalue weighted by atomic mass is 9.73. The molecule has 15 heavy (non-hydrogen) atoms. The Morgan fingerprint density at radius 3 is 2.27 bits per heavy atom. The first-order valence-corrected chi connectivity index (χ1v) is 6.86. The van der Waals surface area contributed by atoms with Crippen LogP contribution in [0, 0.1) is 17.8 Å². The van der Waals surface area contributed by atoms with Crippen LogP contribution in [0.4, 0.5) is 0 Å². The predicted molar refractivity (Wildman–Crippen MR) is 62.7 cm³/mol. The summed E-state index contributed by atoms with van der Waals surface area (Å²) >= 11 is 0. The molecule has 2 unspecified atom stereocenters. The number of hydrogen-bond acceptors (Lipinski definition) is 1. The van der Waals surface area contributed by atoms with Gasteiger partial charge in [-0.1, -0.05) is 39.0 Å². The molecule has 0 radical (unpaired) electrons. The third-order valence-electron chi connectivity index (χ3n) is 4.56. The summed E-state index contributed by atoms with van der Waals surface area (Å²) in [4.78, 5) is 12.4. The lowest BCUT2D eigenvalue weighted by molar-refractivity contribution is -0.129. The van der Waals surface area contributed by atoms with E-state index in [0.29, 0.717) is 23.5 Å². The van der Waals surface area contributed by atoms with E-state index in [-0.39, 0.29) is 0 Å². The smallest absolute Gasteiger partial charge is 0.139 e. The molecule has 1 heteroatoms. The van der Waals surface area contributed by atoms with Gasteiger partial charge in [0.1, 0.15) is 5.78 Å². The summed E-state index contributed by atoms with van der Waals surface area (Å²) in [6.45, 7) is 2.25. The molecule has 0 aliphatic heterocycles. The normalized spacial score (nSPS) is 33.1. The summed E-state index contributed by atoms with van der Waals surface area (Å²) in [6, 6.07) is 0. The fraction of sp³-hybridized carbons (Fsp3) is 0.929. The molecule has 2 aliphatic rings. The van der Waals surface area contributed by atoms with Crippen LogP contribution in [0.5, 0.6) is 0 Å². The largest absolute Gasteiger partial charge is 0.299 e. The van der Waals surface area contributed by atoms with Gasteiger partial charge in [-0.05, 0) is 31.6 Å². The Morgan fingerprint density at radius 2 is 1.60 bits per heavy atom. The van der Waals surface area contributed by atoms with Gasteiger partial charge in [0, 0.05) is 11.8 Å². The minimum Gasteiger partial charge on any atom is -0.299 e. The highest BCUT2D eigenvalue weighted by molar-refractivity contribution is 5.84. The average Bonchev–Trinajstić information content (AvgIpc) is 2.81. The van der Waals surface area contributed by atoms with E-state index in [1.165, 1.54) is 57.8 Å². The lowest BCUT2D eigenvalue weighted by Crippen LogP contribution is -2.30. The maximum absolute atomic E-state index is 12.4. The standard InChI is InChI=1S/C14H24O/c1-2-11-7-5-6-10-13(11)14(15)12-8-3-4-9-12/h11-13H,2-10H2,1H3. The second-order valence-electron chi connectivity index (χ2n) is 5.44. The number of carbonyl (C=O) groups excluding carboxylic acids is 1. The molecule has 0 aromatic rings. The van der Waals surface area contributed by atoms with Gasteiger partial charge in [-0.3, -0.25) is 4.79 Å². The van der Waals surface area contributed by atoms with E-state index < -0.39 is 0 Å². The third-order valence-corrected chi connectivity index (χ3v) is 4.56. The van der Waals surface area contributed by atoms with Gasteiger partial charge >= 0.3 is 0 Å². The van der Waals surface area contributed by atoms with E-state index in [2.05, 4.69) is 6.92 Å². The van der Waals surface area contributed by atoms with Crippen molar-refractivity contribution in [2.24, 2.45) is 17.8 Å². The van der Waals surface area contributed by atoms with Crippen molar-refractivity contribution in [2.45, 2.75) is 64.7 Å². The second kappa shape index (κ2) is 5.14. The van der Waals surface area contributed by atoms with Crippen LogP contribution >= 0.6 is 0 Å². The predicted octanol–water partition coefficient (Wildman–Crippen LogP) is 3.96. The highest BCUT2D eigenvalue weighted by atomic mass is 16.1. The molecule has 0 aromatic heterocycles. The molecular formula is C14H24O. The second-order valence-corrected chi connectivity index (χ2v) is 5.44. The topological polar surface area (TPSA) is 17.1 Å². The molecule has 2 fully saturated rings. The third kappa shape index (κ3) is 2.43. The quantitative estimate of drug-likeness (QED) is 0.686. The Bertz CT molecular complexity index is 215. The first kappa shape index (κ1) is 11.2. The van der Waals surface area contributed by atoms with Gasteiger partial charge in [-0.15, -0.1) is 0 Å². The highest BCUT2D eigenvalue weighted by Gasteiger charge is 2.34. The Kier molecular flexibility index (Phi) is 3.82. The summed E-state index contributed by atoms with van der Waals surface area (Å²) in [5, 5.41) is 0. The van der Waals surface area contributed by atoms with Crippen molar-refractivity contribution < 1.29 is 4.79 Å². The number of ketones is 1. The molecule has 2 atom stereocenters. The van der Waals surface area contributed by atoms with Crippen LogP contribution in [0.25, 0.3) is 0 Å². The fourth-order valence-corrected chi connectivity index (χ4v) is 3.58. The molecule has 86 valence electrons. The molecule has 0 aromatic carbocycles. The van der Waals surface area contributed by atoms with Crippen LogP contribution in [0.1, 0.15) is 64.7 Å². The molecule has 0 heterocycles. The first-order valence-electron chi connectivity index (χ1n) is 6.86. The molecule has 0 spiro atoms. The number of carbonyl (C=O) groups is 1. The van der Waals surface area contributed by atoms with Crippen molar-refractivity contribution in [1.82, 2.24) is 0 Å². The maximum atomic E-state index is 12.4. The van der Waals surface area contributed by atoms with Crippen molar-refractivity contribution in [3.8, 4) is 0 Å². The van der Waals surface area contributed by atoms with Gasteiger partial charge < -0.3 is 0 Å². The summed E-state index contributed by atoms with van der Waals surface area (Å²) in [5.74, 6) is 2.24. The van der Waals surface area contributed by atoms with Crippen molar-refractivity contribution in [3.05, 3.63) is 0 Å². The van der Waals surface area contributed by atoms with E-state index in [4.69, 9.17) is 0 Å². The number of Topliss-reactive ketones (excluding diaryl/α,β-unsaturated/α-hetero) is 1. The highest BCUT2D eigenvalue weighted by Crippen LogP contribution is 2.37. The summed E-state index contributed by atoms with van der Waals surface area (Å²) in [7, 11) is 0. The Labute approximate surface area is 93.6 Å². The first-order chi connectivity index (χ1) is 7.33. The monoisotopic (exact) mass is 208 g/mol. The van der Waals surface area contributed by atoms with Crippen molar-refractivity contribution in [3.63, 3.8) is 0 Å². The molecule has 0 N–H and O–H groups in total. The Balaban J connectivity index is 1.96. The van der Waals surface area contributed by atoms with E-state index in [1.807, 2.05) is 0 Å². The molecule has 0 bridgehead atoms. The van der Waals surface area contributed by atoms with Crippen LogP contribution in [0.15, 0.2) is 0 Å². The van der Waals surface area contributed by atoms with Gasteiger partial charge in [-0.25, -0.2) is 0 Å². The number of hydrogen-bond donors (Lipinski definition) is 0. The Morgan fingerprint density at radius 1 is 1.00 bits per heavy atom. The zero-order chi connectivity index (χ0) is 10.7. The summed E-state index contributed by atoms with van der Waals surface area (Å²) < 4.78 is 0. The van der Waals surface area contributed by atoms with Crippen molar-refractivity contribution >= 4 is 5.78 Å². The maximum Gasteiger partial charge on any atom is 0.139 e. The minimum atomic E-state index is 0.437. The van der Waals surface area contributed by atoms with E-state index in [1.54, 1.807) is 0 Å². The molecule has 2 saturated carbocycles. The van der Waals surface area contributed by atoms with E-state index in [9.17, 15) is 4.79 Å². The minimum absolute atomic E-state index is 0.437. The van der Waals surface area contributed by atoms with Gasteiger partial charge in [0.2, 0.25) is 0 Å². The average molecular weight is 208 g/mol. The summed E-state index contributed by atoms with van der Waals surface area (Å²) in [6.07, 6.45) is 11.3. The zero-order valence-electron chi connectivity index (χ0n) is 10.0. The van der Waals surface area contributed by atoms with Gasteiger partial charge in [0.25, 0.3) is 0 Å². The Hall–Kier alpha value is -0.330. The SMILES string of the molecule is CCC1CCCCC1C(=O)C1CCCC1. The van der Waals surface area contributed by atoms with Gasteiger partial charge in [0.15, 0.2) is 0 Å². The van der Waals surface area contributed by atoms with E-state index >= 15 is 0 Å². The molecule has 0 amide bonds. The fourth-order valence-electron chi connectivity index (χ4n) is 3.58. The van der Waals surface area contributed by atoms with Crippen molar-refractivity contribution in [2.75, 3.05) is 0 Å². The summed E-state index contributed by atoms with van der Waals surface area (Å²) in [5.41, 5.74) is 0. The molecule has 2 aliphatic carbocycles. The van der Waals surface area contributed by atoms with Crippen LogP contribution in [-0.4, -0.2) is 5.78 Å². The molecule has 1 nitrogen and oxygen atoms in total. The lowest BCUT2D eigenvalue weighted by Gasteiger charge is -2.31. The van der Waals surface area contributed by atoms with Crippen molar-refractivity contribution in [1.29, 1.82) is 0 Å². The number of rotatable bonds is 3. The van der Waals surface area contributed by atoms with E-state index in [0.717, 1.165) is 0 Å². The van der Waals surface area contributed by atoms with Crippen LogP contribution in [0.3, 0.4) is 0 Å². The zero-order valence-corrected chi connectivity index (χ0v) is 10.0. The van der Waals surface area contributed by atoms with Crippen LogP contribution in [-0.2, 0) is 4.79 Å². The van der Waals surface area contributed by atoms with Gasteiger partial charge in [-0.2, -0.15) is 0 Å². The van der Waals surface area contributed by atoms with Crippen LogP contribution < -0.4 is 0 Å². The van der Waals surface area contributed by atoms with Gasteiger partial charge in [0.05, 0.1) is 0 Å². The molecule has 2 rings (SSSR count).